The van der Waals surface area contributed by atoms with Crippen LogP contribution in [0.4, 0.5) is 11.4 Å². The van der Waals surface area contributed by atoms with Crippen LogP contribution in [-0.4, -0.2) is 16.1 Å². The Labute approximate surface area is 159 Å². The maximum atomic E-state index is 10.8. The third-order valence-electron chi connectivity index (χ3n) is 4.10. The maximum absolute atomic E-state index is 10.8. The van der Waals surface area contributed by atoms with Gasteiger partial charge in [0.1, 0.15) is 5.01 Å². The zero-order valence-corrected chi connectivity index (χ0v) is 15.3. The molecule has 0 saturated heterocycles. The number of nitro groups is 1. The van der Waals surface area contributed by atoms with Gasteiger partial charge in [0.25, 0.3) is 5.69 Å². The minimum Gasteiger partial charge on any atom is -0.258 e. The van der Waals surface area contributed by atoms with Gasteiger partial charge in [0.15, 0.2) is 0 Å². The van der Waals surface area contributed by atoms with E-state index in [1.807, 2.05) is 24.3 Å². The molecule has 0 bridgehead atoms. The predicted octanol–water partition coefficient (Wildman–Crippen LogP) is 5.93. The van der Waals surface area contributed by atoms with Gasteiger partial charge in [-0.2, -0.15) is 0 Å². The Morgan fingerprint density at radius 1 is 1.07 bits per heavy atom. The van der Waals surface area contributed by atoms with Crippen LogP contribution in [-0.2, 0) is 0 Å². The van der Waals surface area contributed by atoms with Gasteiger partial charge in [0.05, 0.1) is 20.8 Å². The lowest BCUT2D eigenvalue weighted by molar-refractivity contribution is -0.384. The van der Waals surface area contributed by atoms with Crippen LogP contribution in [0.5, 0.6) is 0 Å². The van der Waals surface area contributed by atoms with E-state index in [1.54, 1.807) is 29.7 Å². The Kier molecular flexibility index (Phi) is 4.48. The van der Waals surface area contributed by atoms with E-state index < -0.39 is 4.92 Å². The van der Waals surface area contributed by atoms with Crippen LogP contribution in [0.25, 0.3) is 20.8 Å². The first-order valence-corrected chi connectivity index (χ1v) is 9.16. The molecule has 0 unspecified atom stereocenters. The molecule has 0 atom stereocenters. The highest BCUT2D eigenvalue weighted by atomic mass is 32.1. The summed E-state index contributed by atoms with van der Waals surface area (Å²) in [6, 6.07) is 20.5. The Hall–Kier alpha value is -3.38. The number of thiazole rings is 1. The molecule has 0 aliphatic carbocycles. The summed E-state index contributed by atoms with van der Waals surface area (Å²) in [6.45, 7) is 2.06. The van der Waals surface area contributed by atoms with Crippen molar-refractivity contribution in [3.05, 3.63) is 88.0 Å². The van der Waals surface area contributed by atoms with Crippen molar-refractivity contribution < 1.29 is 4.92 Å². The molecule has 0 amide bonds. The van der Waals surface area contributed by atoms with Gasteiger partial charge < -0.3 is 0 Å². The fourth-order valence-electron chi connectivity index (χ4n) is 2.72. The van der Waals surface area contributed by atoms with Crippen LogP contribution in [0.1, 0.15) is 11.1 Å². The minimum atomic E-state index is -0.411. The predicted molar refractivity (Wildman–Crippen MR) is 110 cm³/mol. The van der Waals surface area contributed by atoms with E-state index in [2.05, 4.69) is 30.1 Å². The highest BCUT2D eigenvalue weighted by Crippen LogP contribution is 2.31. The number of non-ortho nitro benzene ring substituents is 1. The van der Waals surface area contributed by atoms with Crippen molar-refractivity contribution in [3.63, 3.8) is 0 Å². The molecule has 0 aliphatic heterocycles. The van der Waals surface area contributed by atoms with Crippen LogP contribution in [0, 0.1) is 17.0 Å². The molecular weight excluding hydrogens is 358 g/mol. The molecule has 5 nitrogen and oxygen atoms in total. The second-order valence-corrected chi connectivity index (χ2v) is 7.18. The van der Waals surface area contributed by atoms with Crippen molar-refractivity contribution in [1.82, 2.24) is 4.98 Å². The van der Waals surface area contributed by atoms with Crippen LogP contribution in [0.2, 0.25) is 0 Å². The van der Waals surface area contributed by atoms with Crippen LogP contribution < -0.4 is 0 Å². The fourth-order valence-corrected chi connectivity index (χ4v) is 3.67. The van der Waals surface area contributed by atoms with Gasteiger partial charge in [0, 0.05) is 23.9 Å². The summed E-state index contributed by atoms with van der Waals surface area (Å²) >= 11 is 1.67. The highest BCUT2D eigenvalue weighted by molar-refractivity contribution is 7.21. The number of hydrogen-bond acceptors (Lipinski definition) is 5. The van der Waals surface area contributed by atoms with E-state index in [-0.39, 0.29) is 5.69 Å². The maximum Gasteiger partial charge on any atom is 0.270 e. The first-order chi connectivity index (χ1) is 13.1. The van der Waals surface area contributed by atoms with E-state index in [9.17, 15) is 10.1 Å². The molecule has 132 valence electrons. The number of aliphatic imine (C=N–C) groups is 1. The zero-order valence-electron chi connectivity index (χ0n) is 14.5. The highest BCUT2D eigenvalue weighted by Gasteiger charge is 2.07. The van der Waals surface area contributed by atoms with Crippen molar-refractivity contribution in [2.24, 2.45) is 4.99 Å². The van der Waals surface area contributed by atoms with Crippen molar-refractivity contribution in [2.75, 3.05) is 0 Å². The van der Waals surface area contributed by atoms with E-state index >= 15 is 0 Å². The molecular formula is C21H15N3O2S. The third-order valence-corrected chi connectivity index (χ3v) is 5.19. The number of fused-ring (bicyclic) bond motifs is 1. The van der Waals surface area contributed by atoms with Gasteiger partial charge in [-0.05, 0) is 54.4 Å². The Bertz CT molecular complexity index is 1160. The van der Waals surface area contributed by atoms with E-state index in [1.165, 1.54) is 22.4 Å². The van der Waals surface area contributed by atoms with E-state index in [4.69, 9.17) is 4.98 Å². The van der Waals surface area contributed by atoms with Crippen molar-refractivity contribution >= 4 is 39.1 Å². The molecule has 3 aromatic carbocycles. The Morgan fingerprint density at radius 3 is 2.67 bits per heavy atom. The number of benzene rings is 3. The van der Waals surface area contributed by atoms with Gasteiger partial charge in [0.2, 0.25) is 0 Å². The van der Waals surface area contributed by atoms with Crippen molar-refractivity contribution in [2.45, 2.75) is 6.92 Å². The van der Waals surface area contributed by atoms with E-state index in [0.29, 0.717) is 5.56 Å². The van der Waals surface area contributed by atoms with Gasteiger partial charge in [-0.25, -0.2) is 4.98 Å². The number of nitrogens with zero attached hydrogens (tertiary/aromatic N) is 3. The second kappa shape index (κ2) is 7.09. The standard InChI is InChI=1S/C21H15N3O2S/c1-14-5-10-20-19(11-14)23-21(27-20)16-6-8-17(9-7-16)22-13-15-3-2-4-18(12-15)24(25)26/h2-13H,1H3. The molecule has 4 aromatic rings. The summed E-state index contributed by atoms with van der Waals surface area (Å²) in [4.78, 5) is 19.5. The van der Waals surface area contributed by atoms with Crippen LogP contribution in [0.3, 0.4) is 0 Å². The number of nitro benzene ring substituents is 1. The minimum absolute atomic E-state index is 0.0559. The molecule has 0 spiro atoms. The molecule has 27 heavy (non-hydrogen) atoms. The average Bonchev–Trinajstić information content (AvgIpc) is 3.10. The SMILES string of the molecule is Cc1ccc2sc(-c3ccc(N=Cc4cccc([N+](=O)[O-])c4)cc3)nc2c1. The Morgan fingerprint density at radius 2 is 1.89 bits per heavy atom. The van der Waals surface area contributed by atoms with Crippen molar-refractivity contribution in [1.29, 1.82) is 0 Å². The number of hydrogen-bond donors (Lipinski definition) is 0. The summed E-state index contributed by atoms with van der Waals surface area (Å²) < 4.78 is 1.17. The largest absolute Gasteiger partial charge is 0.270 e. The molecule has 0 radical (unpaired) electrons. The first kappa shape index (κ1) is 17.1. The lowest BCUT2D eigenvalue weighted by Gasteiger charge is -1.98. The summed E-state index contributed by atoms with van der Waals surface area (Å²) in [7, 11) is 0. The van der Waals surface area contributed by atoms with Gasteiger partial charge in [-0.3, -0.25) is 15.1 Å². The molecule has 0 saturated carbocycles. The average molecular weight is 373 g/mol. The molecule has 0 fully saturated rings. The smallest absolute Gasteiger partial charge is 0.258 e. The van der Waals surface area contributed by atoms with Gasteiger partial charge >= 0.3 is 0 Å². The Balaban J connectivity index is 1.56. The fraction of sp³-hybridized carbons (Fsp3) is 0.0476. The third kappa shape index (κ3) is 3.75. The van der Waals surface area contributed by atoms with Crippen LogP contribution in [0.15, 0.2) is 71.7 Å². The topological polar surface area (TPSA) is 68.4 Å². The lowest BCUT2D eigenvalue weighted by atomic mass is 10.2. The summed E-state index contributed by atoms with van der Waals surface area (Å²) in [5.74, 6) is 0. The van der Waals surface area contributed by atoms with E-state index in [0.717, 1.165) is 21.8 Å². The monoisotopic (exact) mass is 373 g/mol. The van der Waals surface area contributed by atoms with Gasteiger partial charge in [-0.15, -0.1) is 11.3 Å². The second-order valence-electron chi connectivity index (χ2n) is 6.15. The molecule has 1 aromatic heterocycles. The van der Waals surface area contributed by atoms with Crippen molar-refractivity contribution in [3.8, 4) is 10.6 Å². The summed E-state index contributed by atoms with van der Waals surface area (Å²) in [5, 5.41) is 11.8. The quantitative estimate of drug-likeness (QED) is 0.253. The summed E-state index contributed by atoms with van der Waals surface area (Å²) in [5.41, 5.74) is 4.79. The molecule has 6 heteroatoms. The number of rotatable bonds is 4. The summed E-state index contributed by atoms with van der Waals surface area (Å²) in [6.07, 6.45) is 1.63. The number of aromatic nitrogens is 1. The molecule has 0 aliphatic rings. The lowest BCUT2D eigenvalue weighted by Crippen LogP contribution is -1.89. The zero-order chi connectivity index (χ0) is 18.8. The first-order valence-electron chi connectivity index (χ1n) is 8.35. The normalized spacial score (nSPS) is 11.3. The van der Waals surface area contributed by atoms with Gasteiger partial charge in [-0.1, -0.05) is 18.2 Å². The number of aryl methyl sites for hydroxylation is 1. The van der Waals surface area contributed by atoms with Crippen LogP contribution >= 0.6 is 11.3 Å². The molecule has 1 heterocycles. The molecule has 4 rings (SSSR count). The molecule has 0 N–H and O–H groups in total.